The molecular weight excluding hydrogens is 350 g/mol. The lowest BCUT2D eigenvalue weighted by Crippen LogP contribution is -2.46. The summed E-state index contributed by atoms with van der Waals surface area (Å²) >= 11 is 0. The third-order valence-corrected chi connectivity index (χ3v) is 5.28. The normalized spacial score (nSPS) is 17.1. The van der Waals surface area contributed by atoms with Gasteiger partial charge in [0.2, 0.25) is 0 Å². The van der Waals surface area contributed by atoms with E-state index in [4.69, 9.17) is 5.10 Å². The van der Waals surface area contributed by atoms with E-state index >= 15 is 0 Å². The predicted octanol–water partition coefficient (Wildman–Crippen LogP) is 2.38. The van der Waals surface area contributed by atoms with Crippen LogP contribution in [0.3, 0.4) is 0 Å². The van der Waals surface area contributed by atoms with Crippen molar-refractivity contribution in [1.29, 1.82) is 0 Å². The molecule has 0 amide bonds. The molecule has 1 atom stereocenters. The van der Waals surface area contributed by atoms with Crippen LogP contribution < -0.4 is 10.6 Å². The first-order valence-corrected chi connectivity index (χ1v) is 10.1. The third kappa shape index (κ3) is 4.03. The minimum Gasteiger partial charge on any atom is -0.356 e. The first kappa shape index (κ1) is 18.5. The highest BCUT2D eigenvalue weighted by Gasteiger charge is 2.22. The SMILES string of the molecule is CN=C(NCCc1cn2ccccc2n1)NC1CCc2cn(C(C)C)nc2C1. The number of rotatable bonds is 5. The Morgan fingerprint density at radius 1 is 1.32 bits per heavy atom. The molecule has 7 nitrogen and oxygen atoms in total. The molecule has 7 heteroatoms. The monoisotopic (exact) mass is 379 g/mol. The fraction of sp³-hybridized carbons (Fsp3) is 0.476. The minimum atomic E-state index is 0.365. The molecule has 0 saturated carbocycles. The fourth-order valence-electron chi connectivity index (χ4n) is 3.70. The van der Waals surface area contributed by atoms with Crippen molar-refractivity contribution in [3.8, 4) is 0 Å². The van der Waals surface area contributed by atoms with Crippen LogP contribution in [-0.4, -0.2) is 44.8 Å². The van der Waals surface area contributed by atoms with E-state index in [2.05, 4.69) is 55.9 Å². The lowest BCUT2D eigenvalue weighted by atomic mass is 9.94. The minimum absolute atomic E-state index is 0.365. The maximum absolute atomic E-state index is 4.76. The summed E-state index contributed by atoms with van der Waals surface area (Å²) in [5.74, 6) is 0.848. The number of hydrogen-bond donors (Lipinski definition) is 2. The molecule has 1 aliphatic carbocycles. The highest BCUT2D eigenvalue weighted by atomic mass is 15.3. The standard InChI is InChI=1S/C21H29N7/c1-15(2)28-13-16-7-8-17(12-19(16)26-28)25-21(22-3)23-10-9-18-14-27-11-5-4-6-20(27)24-18/h4-6,11,13-15,17H,7-10,12H2,1-3H3,(H2,22,23,25). The summed E-state index contributed by atoms with van der Waals surface area (Å²) in [6, 6.07) is 6.82. The van der Waals surface area contributed by atoms with Crippen LogP contribution >= 0.6 is 0 Å². The summed E-state index contributed by atoms with van der Waals surface area (Å²) in [5, 5.41) is 11.7. The molecule has 0 aromatic carbocycles. The van der Waals surface area contributed by atoms with E-state index in [1.165, 1.54) is 11.3 Å². The molecule has 0 bridgehead atoms. The van der Waals surface area contributed by atoms with Crippen LogP contribution in [0, 0.1) is 0 Å². The first-order valence-electron chi connectivity index (χ1n) is 10.1. The van der Waals surface area contributed by atoms with Crippen LogP contribution in [-0.2, 0) is 19.3 Å². The second kappa shape index (κ2) is 8.04. The van der Waals surface area contributed by atoms with Crippen molar-refractivity contribution in [3.05, 3.63) is 53.7 Å². The van der Waals surface area contributed by atoms with Gasteiger partial charge >= 0.3 is 0 Å². The van der Waals surface area contributed by atoms with Gasteiger partial charge in [0.25, 0.3) is 0 Å². The molecule has 0 radical (unpaired) electrons. The van der Waals surface area contributed by atoms with Gasteiger partial charge in [-0.3, -0.25) is 9.67 Å². The van der Waals surface area contributed by atoms with E-state index in [0.717, 1.165) is 49.5 Å². The van der Waals surface area contributed by atoms with Crippen molar-refractivity contribution in [2.45, 2.75) is 51.6 Å². The molecule has 0 aliphatic heterocycles. The summed E-state index contributed by atoms with van der Waals surface area (Å²) in [6.45, 7) is 5.13. The smallest absolute Gasteiger partial charge is 0.191 e. The third-order valence-electron chi connectivity index (χ3n) is 5.28. The Morgan fingerprint density at radius 2 is 2.21 bits per heavy atom. The van der Waals surface area contributed by atoms with Crippen LogP contribution in [0.4, 0.5) is 0 Å². The molecule has 3 aromatic heterocycles. The van der Waals surface area contributed by atoms with Gasteiger partial charge in [-0.15, -0.1) is 0 Å². The Morgan fingerprint density at radius 3 is 3.00 bits per heavy atom. The molecular formula is C21H29N7. The van der Waals surface area contributed by atoms with Gasteiger partial charge in [0, 0.05) is 57.1 Å². The molecule has 3 aromatic rings. The number of aryl methyl sites for hydroxylation is 1. The van der Waals surface area contributed by atoms with Crippen molar-refractivity contribution in [2.24, 2.45) is 4.99 Å². The average molecular weight is 380 g/mol. The van der Waals surface area contributed by atoms with Crippen molar-refractivity contribution < 1.29 is 0 Å². The van der Waals surface area contributed by atoms with Crippen molar-refractivity contribution in [3.63, 3.8) is 0 Å². The zero-order valence-corrected chi connectivity index (χ0v) is 16.9. The van der Waals surface area contributed by atoms with Gasteiger partial charge in [-0.25, -0.2) is 4.98 Å². The van der Waals surface area contributed by atoms with E-state index in [0.29, 0.717) is 12.1 Å². The van der Waals surface area contributed by atoms with Crippen LogP contribution in [0.25, 0.3) is 5.65 Å². The zero-order chi connectivity index (χ0) is 19.5. The van der Waals surface area contributed by atoms with Crippen molar-refractivity contribution >= 4 is 11.6 Å². The van der Waals surface area contributed by atoms with Gasteiger partial charge in [-0.2, -0.15) is 5.10 Å². The van der Waals surface area contributed by atoms with Crippen molar-refractivity contribution in [1.82, 2.24) is 29.8 Å². The average Bonchev–Trinajstić information content (AvgIpc) is 3.30. The summed E-state index contributed by atoms with van der Waals surface area (Å²) < 4.78 is 4.13. The number of nitrogens with one attached hydrogen (secondary N) is 2. The second-order valence-corrected chi connectivity index (χ2v) is 7.71. The van der Waals surface area contributed by atoms with E-state index in [9.17, 15) is 0 Å². The number of aliphatic imine (C=N–C) groups is 1. The van der Waals surface area contributed by atoms with Crippen molar-refractivity contribution in [2.75, 3.05) is 13.6 Å². The van der Waals surface area contributed by atoms with Crippen LogP contribution in [0.5, 0.6) is 0 Å². The second-order valence-electron chi connectivity index (χ2n) is 7.71. The van der Waals surface area contributed by atoms with E-state index in [1.54, 1.807) is 0 Å². The lowest BCUT2D eigenvalue weighted by molar-refractivity contribution is 0.499. The first-order chi connectivity index (χ1) is 13.6. The molecule has 0 fully saturated rings. The van der Waals surface area contributed by atoms with Gasteiger partial charge in [0.1, 0.15) is 5.65 Å². The Bertz CT molecular complexity index is 933. The Kier molecular flexibility index (Phi) is 5.32. The van der Waals surface area contributed by atoms with E-state index in [-0.39, 0.29) is 0 Å². The summed E-state index contributed by atoms with van der Waals surface area (Å²) in [5.41, 5.74) is 4.67. The number of pyridine rings is 1. The number of nitrogens with zero attached hydrogens (tertiary/aromatic N) is 5. The molecule has 0 saturated heterocycles. The molecule has 0 spiro atoms. The molecule has 1 aliphatic rings. The highest BCUT2D eigenvalue weighted by Crippen LogP contribution is 2.21. The summed E-state index contributed by atoms with van der Waals surface area (Å²) in [7, 11) is 1.82. The number of fused-ring (bicyclic) bond motifs is 2. The van der Waals surface area contributed by atoms with Crippen LogP contribution in [0.1, 0.15) is 43.3 Å². The predicted molar refractivity (Wildman–Crippen MR) is 112 cm³/mol. The Hall–Kier alpha value is -2.83. The number of imidazole rings is 1. The Balaban J connectivity index is 1.30. The largest absolute Gasteiger partial charge is 0.356 e. The van der Waals surface area contributed by atoms with Gasteiger partial charge in [0.05, 0.1) is 11.4 Å². The van der Waals surface area contributed by atoms with E-state index in [1.807, 2.05) is 31.4 Å². The van der Waals surface area contributed by atoms with Gasteiger partial charge in [0.15, 0.2) is 5.96 Å². The molecule has 1 unspecified atom stereocenters. The molecule has 3 heterocycles. The molecule has 4 rings (SSSR count). The van der Waals surface area contributed by atoms with Crippen LogP contribution in [0.15, 0.2) is 41.8 Å². The summed E-state index contributed by atoms with van der Waals surface area (Å²) in [4.78, 5) is 9.03. The number of guanidine groups is 1. The molecule has 2 N–H and O–H groups in total. The number of aromatic nitrogens is 4. The van der Waals surface area contributed by atoms with Gasteiger partial charge < -0.3 is 15.0 Å². The maximum atomic E-state index is 4.76. The molecule has 148 valence electrons. The van der Waals surface area contributed by atoms with E-state index < -0.39 is 0 Å². The quantitative estimate of drug-likeness (QED) is 0.527. The van der Waals surface area contributed by atoms with Gasteiger partial charge in [-0.1, -0.05) is 6.07 Å². The maximum Gasteiger partial charge on any atom is 0.191 e. The Labute approximate surface area is 165 Å². The highest BCUT2D eigenvalue weighted by molar-refractivity contribution is 5.80. The topological polar surface area (TPSA) is 71.5 Å². The number of hydrogen-bond acceptors (Lipinski definition) is 3. The zero-order valence-electron chi connectivity index (χ0n) is 16.9. The van der Waals surface area contributed by atoms with Crippen LogP contribution in [0.2, 0.25) is 0 Å². The molecule has 28 heavy (non-hydrogen) atoms. The van der Waals surface area contributed by atoms with Gasteiger partial charge in [-0.05, 0) is 44.4 Å². The fourth-order valence-corrected chi connectivity index (χ4v) is 3.70. The lowest BCUT2D eigenvalue weighted by Gasteiger charge is -2.24. The summed E-state index contributed by atoms with van der Waals surface area (Å²) in [6.07, 6.45) is 10.3.